The second-order valence-corrected chi connectivity index (χ2v) is 6.59. The van der Waals surface area contributed by atoms with Crippen LogP contribution in [0, 0.1) is 5.82 Å². The molecule has 0 aliphatic carbocycles. The minimum absolute atomic E-state index is 0.0174. The predicted octanol–water partition coefficient (Wildman–Crippen LogP) is 2.03. The molecule has 3 heterocycles. The van der Waals surface area contributed by atoms with E-state index in [2.05, 4.69) is 0 Å². The van der Waals surface area contributed by atoms with Gasteiger partial charge in [-0.25, -0.2) is 4.39 Å². The standard InChI is InChI=1S/C19H20FN3O3/c1-26-14-6-9-21(12-14)18(24)7-10-23-17-11-13(20)4-5-15(17)22-8-2-3-16(22)19(23)25/h2-5,8,11,14H,6-7,9-10,12H2,1H3. The van der Waals surface area contributed by atoms with Crippen molar-refractivity contribution in [1.82, 2.24) is 13.9 Å². The van der Waals surface area contributed by atoms with Crippen LogP contribution in [0.2, 0.25) is 0 Å². The van der Waals surface area contributed by atoms with E-state index in [0.717, 1.165) is 11.9 Å². The predicted molar refractivity (Wildman–Crippen MR) is 95.7 cm³/mol. The molecule has 4 rings (SSSR count). The number of benzene rings is 1. The summed E-state index contributed by atoms with van der Waals surface area (Å²) >= 11 is 0. The van der Waals surface area contributed by atoms with Gasteiger partial charge >= 0.3 is 0 Å². The fourth-order valence-electron chi connectivity index (χ4n) is 3.66. The van der Waals surface area contributed by atoms with Crippen molar-refractivity contribution in [3.63, 3.8) is 0 Å². The van der Waals surface area contributed by atoms with Crippen molar-refractivity contribution < 1.29 is 13.9 Å². The highest BCUT2D eigenvalue weighted by Crippen LogP contribution is 2.18. The molecule has 6 nitrogen and oxygen atoms in total. The van der Waals surface area contributed by atoms with Gasteiger partial charge in [-0.3, -0.25) is 9.59 Å². The fourth-order valence-corrected chi connectivity index (χ4v) is 3.66. The number of aromatic nitrogens is 2. The topological polar surface area (TPSA) is 56.0 Å². The molecule has 1 saturated heterocycles. The zero-order chi connectivity index (χ0) is 18.3. The molecule has 7 heteroatoms. The number of carbonyl (C=O) groups excluding carboxylic acids is 1. The number of rotatable bonds is 4. The van der Waals surface area contributed by atoms with E-state index in [1.807, 2.05) is 0 Å². The monoisotopic (exact) mass is 357 g/mol. The van der Waals surface area contributed by atoms with Crippen molar-refractivity contribution in [3.05, 3.63) is 52.7 Å². The average Bonchev–Trinajstić information content (AvgIpc) is 3.31. The molecule has 0 radical (unpaired) electrons. The summed E-state index contributed by atoms with van der Waals surface area (Å²) < 4.78 is 22.3. The van der Waals surface area contributed by atoms with Gasteiger partial charge in [0.25, 0.3) is 5.56 Å². The van der Waals surface area contributed by atoms with Crippen LogP contribution in [-0.2, 0) is 16.1 Å². The lowest BCUT2D eigenvalue weighted by atomic mass is 10.2. The Labute approximate surface area is 149 Å². The third kappa shape index (κ3) is 2.78. The molecule has 1 aliphatic heterocycles. The highest BCUT2D eigenvalue weighted by atomic mass is 19.1. The van der Waals surface area contributed by atoms with Crippen LogP contribution in [0.3, 0.4) is 0 Å². The van der Waals surface area contributed by atoms with Crippen LogP contribution in [0.5, 0.6) is 0 Å². The van der Waals surface area contributed by atoms with Crippen LogP contribution >= 0.6 is 0 Å². The molecule has 0 bridgehead atoms. The third-order valence-electron chi connectivity index (χ3n) is 5.08. The molecule has 136 valence electrons. The molecule has 1 amide bonds. The Balaban J connectivity index is 1.67. The number of ether oxygens (including phenoxy) is 1. The number of likely N-dealkylation sites (tertiary alicyclic amines) is 1. The van der Waals surface area contributed by atoms with Gasteiger partial charge in [0.2, 0.25) is 5.91 Å². The van der Waals surface area contributed by atoms with Gasteiger partial charge in [0, 0.05) is 39.4 Å². The molecule has 1 aromatic carbocycles. The van der Waals surface area contributed by atoms with E-state index in [0.29, 0.717) is 24.1 Å². The van der Waals surface area contributed by atoms with Gasteiger partial charge in [-0.15, -0.1) is 0 Å². The first-order valence-electron chi connectivity index (χ1n) is 8.68. The van der Waals surface area contributed by atoms with Crippen molar-refractivity contribution in [2.75, 3.05) is 20.2 Å². The van der Waals surface area contributed by atoms with Gasteiger partial charge in [-0.2, -0.15) is 0 Å². The molecular formula is C19H20FN3O3. The second kappa shape index (κ2) is 6.57. The largest absolute Gasteiger partial charge is 0.380 e. The Morgan fingerprint density at radius 1 is 1.27 bits per heavy atom. The van der Waals surface area contributed by atoms with Gasteiger partial charge in [0.1, 0.15) is 11.3 Å². The summed E-state index contributed by atoms with van der Waals surface area (Å²) in [5.41, 5.74) is 1.51. The van der Waals surface area contributed by atoms with Crippen LogP contribution in [0.4, 0.5) is 4.39 Å². The first kappa shape index (κ1) is 16.8. The van der Waals surface area contributed by atoms with Crippen LogP contribution in [0.25, 0.3) is 16.6 Å². The van der Waals surface area contributed by atoms with Crippen LogP contribution in [0.1, 0.15) is 12.8 Å². The first-order chi connectivity index (χ1) is 12.6. The lowest BCUT2D eigenvalue weighted by molar-refractivity contribution is -0.130. The van der Waals surface area contributed by atoms with Gasteiger partial charge in [0.15, 0.2) is 0 Å². The molecule has 3 aromatic rings. The van der Waals surface area contributed by atoms with Crippen molar-refractivity contribution in [2.24, 2.45) is 0 Å². The summed E-state index contributed by atoms with van der Waals surface area (Å²) in [6.07, 6.45) is 2.88. The number of amides is 1. The highest BCUT2D eigenvalue weighted by Gasteiger charge is 2.25. The maximum Gasteiger partial charge on any atom is 0.275 e. The van der Waals surface area contributed by atoms with Crippen LogP contribution in [0.15, 0.2) is 41.3 Å². The molecule has 1 fully saturated rings. The minimum atomic E-state index is -0.411. The zero-order valence-electron chi connectivity index (χ0n) is 14.5. The normalized spacial score (nSPS) is 17.5. The number of methoxy groups -OCH3 is 1. The summed E-state index contributed by atoms with van der Waals surface area (Å²) in [7, 11) is 1.64. The smallest absolute Gasteiger partial charge is 0.275 e. The summed E-state index contributed by atoms with van der Waals surface area (Å²) in [4.78, 5) is 27.1. The fraction of sp³-hybridized carbons (Fsp3) is 0.368. The molecule has 0 saturated carbocycles. The molecule has 1 atom stereocenters. The second-order valence-electron chi connectivity index (χ2n) is 6.59. The Morgan fingerprint density at radius 3 is 2.88 bits per heavy atom. The van der Waals surface area contributed by atoms with Crippen molar-refractivity contribution >= 4 is 22.5 Å². The Morgan fingerprint density at radius 2 is 2.12 bits per heavy atom. The van der Waals surface area contributed by atoms with Crippen LogP contribution < -0.4 is 5.56 Å². The lowest BCUT2D eigenvalue weighted by Crippen LogP contribution is -2.32. The van der Waals surface area contributed by atoms with Gasteiger partial charge < -0.3 is 18.6 Å². The maximum atomic E-state index is 13.8. The number of aryl methyl sites for hydroxylation is 1. The molecule has 1 unspecified atom stereocenters. The zero-order valence-corrected chi connectivity index (χ0v) is 14.5. The molecule has 2 aromatic heterocycles. The molecule has 0 N–H and O–H groups in total. The molecule has 26 heavy (non-hydrogen) atoms. The van der Waals surface area contributed by atoms with E-state index in [-0.39, 0.29) is 30.5 Å². The molecular weight excluding hydrogens is 337 g/mol. The van der Waals surface area contributed by atoms with E-state index < -0.39 is 5.82 Å². The van der Waals surface area contributed by atoms with Gasteiger partial charge in [-0.1, -0.05) is 0 Å². The van der Waals surface area contributed by atoms with Gasteiger partial charge in [-0.05, 0) is 36.8 Å². The number of hydrogen-bond acceptors (Lipinski definition) is 3. The number of nitrogens with zero attached hydrogens (tertiary/aromatic N) is 3. The molecule has 0 spiro atoms. The summed E-state index contributed by atoms with van der Waals surface area (Å²) in [5, 5.41) is 0. The minimum Gasteiger partial charge on any atom is -0.380 e. The lowest BCUT2D eigenvalue weighted by Gasteiger charge is -2.17. The van der Waals surface area contributed by atoms with E-state index in [1.165, 1.54) is 16.7 Å². The highest BCUT2D eigenvalue weighted by molar-refractivity contribution is 5.80. The first-order valence-corrected chi connectivity index (χ1v) is 8.68. The summed E-state index contributed by atoms with van der Waals surface area (Å²) in [6, 6.07) is 7.88. The van der Waals surface area contributed by atoms with E-state index in [4.69, 9.17) is 4.74 Å². The molecule has 1 aliphatic rings. The Bertz CT molecular complexity index is 1040. The van der Waals surface area contributed by atoms with Gasteiger partial charge in [0.05, 0.1) is 17.1 Å². The van der Waals surface area contributed by atoms with Crippen molar-refractivity contribution in [2.45, 2.75) is 25.5 Å². The van der Waals surface area contributed by atoms with E-state index >= 15 is 0 Å². The number of halogens is 1. The van der Waals surface area contributed by atoms with E-state index in [9.17, 15) is 14.0 Å². The number of carbonyl (C=O) groups is 1. The number of hydrogen-bond donors (Lipinski definition) is 0. The SMILES string of the molecule is COC1CCN(C(=O)CCn2c(=O)c3cccn3c3ccc(F)cc32)C1. The average molecular weight is 357 g/mol. The Hall–Kier alpha value is -2.67. The summed E-state index contributed by atoms with van der Waals surface area (Å²) in [6.45, 7) is 1.46. The summed E-state index contributed by atoms with van der Waals surface area (Å²) in [5.74, 6) is -0.428. The quantitative estimate of drug-likeness (QED) is 0.718. The number of fused-ring (bicyclic) bond motifs is 3. The van der Waals surface area contributed by atoms with Crippen molar-refractivity contribution in [1.29, 1.82) is 0 Å². The van der Waals surface area contributed by atoms with Crippen LogP contribution in [-0.4, -0.2) is 46.1 Å². The van der Waals surface area contributed by atoms with E-state index in [1.54, 1.807) is 40.8 Å². The van der Waals surface area contributed by atoms with Crippen molar-refractivity contribution in [3.8, 4) is 0 Å². The third-order valence-corrected chi connectivity index (χ3v) is 5.08. The Kier molecular flexibility index (Phi) is 4.24. The maximum absolute atomic E-state index is 13.8.